The molecule has 1 aromatic carbocycles. The number of methoxy groups -OCH3 is 2. The number of ether oxygens (including phenoxy) is 2. The summed E-state index contributed by atoms with van der Waals surface area (Å²) in [4.78, 5) is 33.9. The summed E-state index contributed by atoms with van der Waals surface area (Å²) in [5, 5.41) is 2.79. The van der Waals surface area contributed by atoms with E-state index in [1.807, 2.05) is 0 Å². The van der Waals surface area contributed by atoms with Crippen LogP contribution in [0.1, 0.15) is 11.5 Å². The molecule has 0 saturated carbocycles. The van der Waals surface area contributed by atoms with Crippen LogP contribution in [0.5, 0.6) is 0 Å². The average Bonchev–Trinajstić information content (AvgIpc) is 2.39. The van der Waals surface area contributed by atoms with E-state index in [-0.39, 0.29) is 11.3 Å². The Morgan fingerprint density at radius 1 is 1.22 bits per heavy atom. The van der Waals surface area contributed by atoms with Gasteiger partial charge < -0.3 is 9.47 Å². The Morgan fingerprint density at radius 3 is 2.22 bits per heavy atom. The molecule has 0 aliphatic heterocycles. The fourth-order valence-electron chi connectivity index (χ4n) is 1.43. The molecule has 0 aromatic heterocycles. The Kier molecular flexibility index (Phi) is 4.96. The van der Waals surface area contributed by atoms with Gasteiger partial charge in [-0.3, -0.25) is 9.59 Å². The largest absolute Gasteiger partial charge is 0.468 e. The van der Waals surface area contributed by atoms with Crippen LogP contribution in [0.4, 0.5) is 5.69 Å². The fraction of sp³-hybridized carbons (Fsp3) is 0.273. The predicted molar refractivity (Wildman–Crippen MR) is 66.4 cm³/mol. The molecule has 0 bridgehead atoms. The summed E-state index contributed by atoms with van der Waals surface area (Å²) in [5.74, 6) is -2.94. The van der Waals surface area contributed by atoms with E-state index in [0.717, 1.165) is 14.2 Å². The van der Waals surface area contributed by atoms with Crippen molar-refractivity contribution in [2.24, 2.45) is 5.18 Å². The van der Waals surface area contributed by atoms with Gasteiger partial charge in [0.15, 0.2) is 5.92 Å². The molecule has 0 unspecified atom stereocenters. The first kappa shape index (κ1) is 14.3. The molecule has 96 valence electrons. The monoisotopic (exact) mass is 315 g/mol. The molecule has 0 radical (unpaired) electrons. The Balaban J connectivity index is 3.33. The summed E-state index contributed by atoms with van der Waals surface area (Å²) in [7, 11) is 2.29. The van der Waals surface area contributed by atoms with E-state index in [1.54, 1.807) is 6.07 Å². The molecule has 0 N–H and O–H groups in total. The second kappa shape index (κ2) is 6.25. The summed E-state index contributed by atoms with van der Waals surface area (Å²) < 4.78 is 9.65. The topological polar surface area (TPSA) is 82.0 Å². The third-order valence-corrected chi connectivity index (χ3v) is 2.77. The van der Waals surface area contributed by atoms with Gasteiger partial charge in [-0.1, -0.05) is 22.0 Å². The number of nitrogens with zero attached hydrogens (tertiary/aromatic N) is 1. The third-order valence-electron chi connectivity index (χ3n) is 2.28. The number of halogens is 1. The molecule has 0 atom stereocenters. The molecule has 18 heavy (non-hydrogen) atoms. The summed E-state index contributed by atoms with van der Waals surface area (Å²) in [6, 6.07) is 4.43. The van der Waals surface area contributed by atoms with Gasteiger partial charge >= 0.3 is 11.9 Å². The highest BCUT2D eigenvalue weighted by Gasteiger charge is 2.33. The number of rotatable bonds is 4. The highest BCUT2D eigenvalue weighted by Crippen LogP contribution is 2.31. The van der Waals surface area contributed by atoms with E-state index < -0.39 is 17.9 Å². The van der Waals surface area contributed by atoms with E-state index in [0.29, 0.717) is 4.47 Å². The first-order valence-corrected chi connectivity index (χ1v) is 5.63. The van der Waals surface area contributed by atoms with Crippen LogP contribution in [0.3, 0.4) is 0 Å². The van der Waals surface area contributed by atoms with Crippen LogP contribution in [0.2, 0.25) is 0 Å². The van der Waals surface area contributed by atoms with Crippen molar-refractivity contribution in [1.82, 2.24) is 0 Å². The molecular weight excluding hydrogens is 306 g/mol. The Bertz CT molecular complexity index is 472. The second-order valence-corrected chi connectivity index (χ2v) is 4.19. The van der Waals surface area contributed by atoms with Gasteiger partial charge in [-0.15, -0.1) is 4.91 Å². The molecule has 0 saturated heterocycles. The van der Waals surface area contributed by atoms with Crippen molar-refractivity contribution < 1.29 is 19.1 Å². The van der Waals surface area contributed by atoms with Crippen molar-refractivity contribution in [3.8, 4) is 0 Å². The SMILES string of the molecule is COC(=O)C(C(=O)OC)c1ccc(Br)cc1N=O. The minimum atomic E-state index is -1.32. The maximum Gasteiger partial charge on any atom is 0.324 e. The first-order chi connectivity index (χ1) is 8.54. The van der Waals surface area contributed by atoms with E-state index >= 15 is 0 Å². The predicted octanol–water partition coefficient (Wildman–Crippen LogP) is 2.28. The van der Waals surface area contributed by atoms with Gasteiger partial charge in [-0.25, -0.2) is 0 Å². The zero-order chi connectivity index (χ0) is 13.7. The summed E-state index contributed by atoms with van der Waals surface area (Å²) in [6.07, 6.45) is 0. The number of hydrogen-bond acceptors (Lipinski definition) is 6. The maximum atomic E-state index is 11.6. The van der Waals surface area contributed by atoms with E-state index in [4.69, 9.17) is 0 Å². The van der Waals surface area contributed by atoms with Crippen molar-refractivity contribution in [2.45, 2.75) is 5.92 Å². The lowest BCUT2D eigenvalue weighted by atomic mass is 9.97. The number of carbonyl (C=O) groups is 2. The van der Waals surface area contributed by atoms with Crippen LogP contribution in [-0.4, -0.2) is 26.2 Å². The number of nitroso groups, excluding NO2 is 1. The number of hydrogen-bond donors (Lipinski definition) is 0. The second-order valence-electron chi connectivity index (χ2n) is 3.27. The Morgan fingerprint density at radius 2 is 1.78 bits per heavy atom. The lowest BCUT2D eigenvalue weighted by Gasteiger charge is -2.13. The van der Waals surface area contributed by atoms with Crippen molar-refractivity contribution in [3.63, 3.8) is 0 Å². The molecule has 0 aliphatic carbocycles. The summed E-state index contributed by atoms with van der Waals surface area (Å²) >= 11 is 3.16. The molecular formula is C11H10BrNO5. The van der Waals surface area contributed by atoms with E-state index in [1.165, 1.54) is 12.1 Å². The number of carbonyl (C=O) groups excluding carboxylic acids is 2. The molecule has 1 rings (SSSR count). The normalized spacial score (nSPS) is 10.0. The lowest BCUT2D eigenvalue weighted by molar-refractivity contribution is -0.154. The first-order valence-electron chi connectivity index (χ1n) is 4.83. The zero-order valence-electron chi connectivity index (χ0n) is 9.68. The molecule has 0 aliphatic rings. The van der Waals surface area contributed by atoms with Crippen molar-refractivity contribution in [2.75, 3.05) is 14.2 Å². The lowest BCUT2D eigenvalue weighted by Crippen LogP contribution is -2.24. The number of esters is 2. The maximum absolute atomic E-state index is 11.6. The van der Waals surface area contributed by atoms with Gasteiger partial charge in [-0.2, -0.15) is 0 Å². The summed E-state index contributed by atoms with van der Waals surface area (Å²) in [5.41, 5.74) is 0.122. The van der Waals surface area contributed by atoms with Gasteiger partial charge in [0.25, 0.3) is 0 Å². The highest BCUT2D eigenvalue weighted by atomic mass is 79.9. The third kappa shape index (κ3) is 2.92. The van der Waals surface area contributed by atoms with Crippen LogP contribution in [0, 0.1) is 4.91 Å². The summed E-state index contributed by atoms with van der Waals surface area (Å²) in [6.45, 7) is 0. The molecule has 7 heteroatoms. The zero-order valence-corrected chi connectivity index (χ0v) is 11.3. The molecule has 1 aromatic rings. The van der Waals surface area contributed by atoms with E-state index in [9.17, 15) is 14.5 Å². The highest BCUT2D eigenvalue weighted by molar-refractivity contribution is 9.10. The van der Waals surface area contributed by atoms with Crippen LogP contribution < -0.4 is 0 Å². The van der Waals surface area contributed by atoms with Gasteiger partial charge in [0.2, 0.25) is 0 Å². The average molecular weight is 316 g/mol. The Labute approximate surface area is 111 Å². The van der Waals surface area contributed by atoms with Gasteiger partial charge in [0, 0.05) is 10.0 Å². The molecule has 0 spiro atoms. The number of benzene rings is 1. The van der Waals surface area contributed by atoms with Crippen LogP contribution in [0.15, 0.2) is 27.8 Å². The van der Waals surface area contributed by atoms with E-state index in [2.05, 4.69) is 30.6 Å². The molecule has 0 heterocycles. The fourth-order valence-corrected chi connectivity index (χ4v) is 1.77. The molecule has 6 nitrogen and oxygen atoms in total. The van der Waals surface area contributed by atoms with Crippen LogP contribution in [-0.2, 0) is 19.1 Å². The van der Waals surface area contributed by atoms with Crippen molar-refractivity contribution in [1.29, 1.82) is 0 Å². The molecule has 0 amide bonds. The quantitative estimate of drug-likeness (QED) is 0.483. The van der Waals surface area contributed by atoms with Crippen LogP contribution >= 0.6 is 15.9 Å². The molecule has 0 fully saturated rings. The Hall–Kier alpha value is -1.76. The smallest absolute Gasteiger partial charge is 0.324 e. The van der Waals surface area contributed by atoms with Crippen molar-refractivity contribution in [3.05, 3.63) is 33.1 Å². The minimum absolute atomic E-state index is 0.0230. The minimum Gasteiger partial charge on any atom is -0.468 e. The van der Waals surface area contributed by atoms with Gasteiger partial charge in [0.1, 0.15) is 5.69 Å². The van der Waals surface area contributed by atoms with Gasteiger partial charge in [0.05, 0.1) is 14.2 Å². The van der Waals surface area contributed by atoms with Crippen molar-refractivity contribution >= 4 is 33.6 Å². The van der Waals surface area contributed by atoms with Gasteiger partial charge in [-0.05, 0) is 17.3 Å². The standard InChI is InChI=1S/C11H10BrNO5/c1-17-10(14)9(11(15)18-2)7-4-3-6(12)5-8(7)13-16/h3-5,9H,1-2H3. The van der Waals surface area contributed by atoms with Crippen LogP contribution in [0.25, 0.3) is 0 Å².